The number of rotatable bonds is 3. The highest BCUT2D eigenvalue weighted by molar-refractivity contribution is 5.97. The van der Waals surface area contributed by atoms with Crippen molar-refractivity contribution in [3.8, 4) is 0 Å². The van der Waals surface area contributed by atoms with Crippen molar-refractivity contribution in [1.29, 1.82) is 0 Å². The molecule has 1 amide bonds. The van der Waals surface area contributed by atoms with Gasteiger partial charge in [0.15, 0.2) is 5.78 Å². The number of nitrogens with one attached hydrogen (secondary N) is 1. The molecule has 4 heteroatoms. The van der Waals surface area contributed by atoms with Crippen molar-refractivity contribution in [3.05, 3.63) is 29.8 Å². The van der Waals surface area contributed by atoms with Crippen LogP contribution in [0.2, 0.25) is 0 Å². The molecule has 2 rings (SSSR count). The third-order valence-corrected chi connectivity index (χ3v) is 3.44. The summed E-state index contributed by atoms with van der Waals surface area (Å²) in [7, 11) is 0. The zero-order valence-corrected chi connectivity index (χ0v) is 10.5. The second-order valence-corrected chi connectivity index (χ2v) is 4.83. The zero-order chi connectivity index (χ0) is 13.1. The number of ketones is 1. The summed E-state index contributed by atoms with van der Waals surface area (Å²) in [5, 5.41) is 2.84. The summed E-state index contributed by atoms with van der Waals surface area (Å²) < 4.78 is 0. The molecular formula is C14H18N2O2. The lowest BCUT2D eigenvalue weighted by Crippen LogP contribution is -2.34. The van der Waals surface area contributed by atoms with Gasteiger partial charge in [0.25, 0.3) is 0 Å². The number of carbonyl (C=O) groups is 2. The fourth-order valence-corrected chi connectivity index (χ4v) is 2.37. The summed E-state index contributed by atoms with van der Waals surface area (Å²) in [4.78, 5) is 23.3. The van der Waals surface area contributed by atoms with Crippen molar-refractivity contribution in [2.24, 2.45) is 11.7 Å². The minimum absolute atomic E-state index is 0.0105. The summed E-state index contributed by atoms with van der Waals surface area (Å²) in [5.41, 5.74) is 7.16. The van der Waals surface area contributed by atoms with Crippen molar-refractivity contribution in [1.82, 2.24) is 0 Å². The van der Waals surface area contributed by atoms with Gasteiger partial charge in [-0.05, 0) is 31.9 Å². The average Bonchev–Trinajstić information content (AvgIpc) is 2.76. The molecule has 1 saturated carbocycles. The van der Waals surface area contributed by atoms with Crippen LogP contribution in [0.3, 0.4) is 0 Å². The van der Waals surface area contributed by atoms with Gasteiger partial charge in [0.05, 0.1) is 5.92 Å². The maximum atomic E-state index is 12.0. The molecule has 1 aliphatic carbocycles. The number of hydrogen-bond donors (Lipinski definition) is 2. The average molecular weight is 246 g/mol. The Morgan fingerprint density at radius 1 is 1.33 bits per heavy atom. The Hall–Kier alpha value is -1.68. The van der Waals surface area contributed by atoms with Crippen LogP contribution >= 0.6 is 0 Å². The summed E-state index contributed by atoms with van der Waals surface area (Å²) in [6, 6.07) is 6.94. The summed E-state index contributed by atoms with van der Waals surface area (Å²) in [6.07, 6.45) is 2.76. The van der Waals surface area contributed by atoms with E-state index < -0.39 is 0 Å². The van der Waals surface area contributed by atoms with Crippen molar-refractivity contribution >= 4 is 17.4 Å². The molecule has 1 aliphatic rings. The Labute approximate surface area is 107 Å². The smallest absolute Gasteiger partial charge is 0.229 e. The van der Waals surface area contributed by atoms with E-state index >= 15 is 0 Å². The van der Waals surface area contributed by atoms with Gasteiger partial charge >= 0.3 is 0 Å². The van der Waals surface area contributed by atoms with Gasteiger partial charge in [-0.3, -0.25) is 9.59 Å². The third kappa shape index (κ3) is 2.76. The number of nitrogens with two attached hydrogens (primary N) is 1. The maximum Gasteiger partial charge on any atom is 0.229 e. The normalized spacial score (nSPS) is 22.8. The fourth-order valence-electron chi connectivity index (χ4n) is 2.37. The molecule has 4 nitrogen and oxygen atoms in total. The molecule has 18 heavy (non-hydrogen) atoms. The molecule has 2 unspecified atom stereocenters. The van der Waals surface area contributed by atoms with Crippen molar-refractivity contribution < 1.29 is 9.59 Å². The minimum atomic E-state index is -0.106. The summed E-state index contributed by atoms with van der Waals surface area (Å²) in [5.74, 6) is -0.157. The second kappa shape index (κ2) is 5.31. The van der Waals surface area contributed by atoms with Crippen LogP contribution in [0.1, 0.15) is 36.5 Å². The van der Waals surface area contributed by atoms with E-state index in [9.17, 15) is 9.59 Å². The van der Waals surface area contributed by atoms with Crippen LogP contribution < -0.4 is 11.1 Å². The number of benzene rings is 1. The highest BCUT2D eigenvalue weighted by atomic mass is 16.2. The Morgan fingerprint density at radius 2 is 2.11 bits per heavy atom. The topological polar surface area (TPSA) is 72.2 Å². The van der Waals surface area contributed by atoms with Crippen LogP contribution in [0.25, 0.3) is 0 Å². The Kier molecular flexibility index (Phi) is 3.77. The van der Waals surface area contributed by atoms with E-state index in [-0.39, 0.29) is 23.7 Å². The Balaban J connectivity index is 2.07. The molecule has 1 aromatic carbocycles. The van der Waals surface area contributed by atoms with E-state index in [2.05, 4.69) is 5.32 Å². The third-order valence-electron chi connectivity index (χ3n) is 3.44. The van der Waals surface area contributed by atoms with E-state index in [0.29, 0.717) is 11.3 Å². The molecule has 1 aromatic rings. The molecule has 3 N–H and O–H groups in total. The van der Waals surface area contributed by atoms with Gasteiger partial charge in [-0.1, -0.05) is 18.6 Å². The molecule has 0 aliphatic heterocycles. The number of Topliss-reactive ketones (excluding diaryl/α,β-unsaturated/α-hetero) is 1. The lowest BCUT2D eigenvalue weighted by atomic mass is 10.0. The van der Waals surface area contributed by atoms with Crippen LogP contribution in [0.4, 0.5) is 5.69 Å². The number of anilines is 1. The zero-order valence-electron chi connectivity index (χ0n) is 10.5. The first-order valence-electron chi connectivity index (χ1n) is 6.25. The number of amides is 1. The fraction of sp³-hybridized carbons (Fsp3) is 0.429. The Morgan fingerprint density at radius 3 is 2.72 bits per heavy atom. The molecule has 0 heterocycles. The quantitative estimate of drug-likeness (QED) is 0.801. The van der Waals surface area contributed by atoms with Crippen LogP contribution in [-0.2, 0) is 4.79 Å². The number of hydrogen-bond acceptors (Lipinski definition) is 3. The first kappa shape index (κ1) is 12.8. The highest BCUT2D eigenvalue weighted by Crippen LogP contribution is 2.25. The highest BCUT2D eigenvalue weighted by Gasteiger charge is 2.30. The van der Waals surface area contributed by atoms with E-state index in [4.69, 9.17) is 5.73 Å². The van der Waals surface area contributed by atoms with E-state index in [1.54, 1.807) is 24.3 Å². The summed E-state index contributed by atoms with van der Waals surface area (Å²) in [6.45, 7) is 1.51. The van der Waals surface area contributed by atoms with Crippen molar-refractivity contribution in [2.75, 3.05) is 5.32 Å². The van der Waals surface area contributed by atoms with Gasteiger partial charge in [-0.15, -0.1) is 0 Å². The minimum Gasteiger partial charge on any atom is -0.327 e. The largest absolute Gasteiger partial charge is 0.327 e. The maximum absolute atomic E-state index is 12.0. The first-order valence-corrected chi connectivity index (χ1v) is 6.25. The van der Waals surface area contributed by atoms with Gasteiger partial charge in [0, 0.05) is 17.3 Å². The second-order valence-electron chi connectivity index (χ2n) is 4.83. The Bertz CT molecular complexity index is 471. The van der Waals surface area contributed by atoms with Gasteiger partial charge in [0.1, 0.15) is 0 Å². The predicted octanol–water partition coefficient (Wildman–Crippen LogP) is 1.96. The monoisotopic (exact) mass is 246 g/mol. The van der Waals surface area contributed by atoms with Gasteiger partial charge in [0.2, 0.25) is 5.91 Å². The molecule has 0 spiro atoms. The molecule has 0 bridgehead atoms. The molecule has 2 atom stereocenters. The van der Waals surface area contributed by atoms with E-state index in [0.717, 1.165) is 19.3 Å². The van der Waals surface area contributed by atoms with Gasteiger partial charge in [-0.25, -0.2) is 0 Å². The molecule has 0 aromatic heterocycles. The van der Waals surface area contributed by atoms with Crippen LogP contribution in [-0.4, -0.2) is 17.7 Å². The standard InChI is InChI=1S/C14H18N2O2/c1-9(17)10-4-2-5-11(8-10)16-14(18)12-6-3-7-13(12)15/h2,4-5,8,12-13H,3,6-7,15H2,1H3,(H,16,18). The predicted molar refractivity (Wildman–Crippen MR) is 70.4 cm³/mol. The molecular weight excluding hydrogens is 228 g/mol. The molecule has 1 fully saturated rings. The van der Waals surface area contributed by atoms with Gasteiger partial charge < -0.3 is 11.1 Å². The summed E-state index contributed by atoms with van der Waals surface area (Å²) >= 11 is 0. The SMILES string of the molecule is CC(=O)c1cccc(NC(=O)C2CCCC2N)c1. The molecule has 0 radical (unpaired) electrons. The lowest BCUT2D eigenvalue weighted by Gasteiger charge is -2.15. The van der Waals surface area contributed by atoms with E-state index in [1.165, 1.54) is 6.92 Å². The van der Waals surface area contributed by atoms with Crippen molar-refractivity contribution in [3.63, 3.8) is 0 Å². The van der Waals surface area contributed by atoms with Crippen LogP contribution in [0, 0.1) is 5.92 Å². The lowest BCUT2D eigenvalue weighted by molar-refractivity contribution is -0.120. The number of carbonyl (C=O) groups excluding carboxylic acids is 2. The van der Waals surface area contributed by atoms with Crippen LogP contribution in [0.5, 0.6) is 0 Å². The molecule has 96 valence electrons. The van der Waals surface area contributed by atoms with E-state index in [1.807, 2.05) is 0 Å². The van der Waals surface area contributed by atoms with Crippen molar-refractivity contribution in [2.45, 2.75) is 32.2 Å². The van der Waals surface area contributed by atoms with Gasteiger partial charge in [-0.2, -0.15) is 0 Å². The molecule has 0 saturated heterocycles. The van der Waals surface area contributed by atoms with Crippen LogP contribution in [0.15, 0.2) is 24.3 Å². The first-order chi connectivity index (χ1) is 8.58.